The van der Waals surface area contributed by atoms with Crippen LogP contribution in [0.15, 0.2) is 18.3 Å². The minimum absolute atomic E-state index is 0.329. The topological polar surface area (TPSA) is 30.0 Å². The Bertz CT molecular complexity index is 370. The van der Waals surface area contributed by atoms with E-state index in [4.69, 9.17) is 0 Å². The van der Waals surface area contributed by atoms with Crippen molar-refractivity contribution in [2.75, 3.05) is 0 Å². The first-order chi connectivity index (χ1) is 9.76. The highest BCUT2D eigenvalue weighted by Crippen LogP contribution is 2.10. The van der Waals surface area contributed by atoms with E-state index in [1.54, 1.807) is 0 Å². The average molecular weight is 275 g/mol. The zero-order valence-electron chi connectivity index (χ0n) is 13.2. The Labute approximate surface area is 124 Å². The second-order valence-corrected chi connectivity index (χ2v) is 5.60. The number of nitrogens with zero attached hydrogens (tertiary/aromatic N) is 1. The van der Waals surface area contributed by atoms with Crippen LogP contribution in [0.1, 0.15) is 76.5 Å². The number of ketones is 1. The molecular weight excluding hydrogens is 246 g/mol. The van der Waals surface area contributed by atoms with E-state index in [0.717, 1.165) is 18.5 Å². The van der Waals surface area contributed by atoms with Crippen molar-refractivity contribution in [3.63, 3.8) is 0 Å². The van der Waals surface area contributed by atoms with Crippen molar-refractivity contribution in [3.8, 4) is 0 Å². The Morgan fingerprint density at radius 1 is 1.00 bits per heavy atom. The molecule has 0 aliphatic rings. The van der Waals surface area contributed by atoms with Gasteiger partial charge in [-0.2, -0.15) is 0 Å². The molecule has 0 aliphatic heterocycles. The summed E-state index contributed by atoms with van der Waals surface area (Å²) >= 11 is 0. The fourth-order valence-electron chi connectivity index (χ4n) is 2.34. The van der Waals surface area contributed by atoms with Crippen molar-refractivity contribution in [1.29, 1.82) is 0 Å². The van der Waals surface area contributed by atoms with Gasteiger partial charge in [-0.15, -0.1) is 0 Å². The summed E-state index contributed by atoms with van der Waals surface area (Å²) < 4.78 is 0. The zero-order chi connectivity index (χ0) is 14.6. The molecule has 20 heavy (non-hydrogen) atoms. The third-order valence-electron chi connectivity index (χ3n) is 3.73. The maximum atomic E-state index is 11.9. The van der Waals surface area contributed by atoms with Gasteiger partial charge in [0, 0.05) is 24.7 Å². The van der Waals surface area contributed by atoms with Gasteiger partial charge in [0.25, 0.3) is 0 Å². The number of hydrogen-bond donors (Lipinski definition) is 0. The summed E-state index contributed by atoms with van der Waals surface area (Å²) in [4.78, 5) is 16.2. The highest BCUT2D eigenvalue weighted by Gasteiger charge is 2.04. The van der Waals surface area contributed by atoms with Crippen molar-refractivity contribution in [3.05, 3.63) is 29.6 Å². The number of carbonyl (C=O) groups is 1. The van der Waals surface area contributed by atoms with E-state index < -0.39 is 0 Å². The Morgan fingerprint density at radius 2 is 1.70 bits per heavy atom. The number of pyridine rings is 1. The summed E-state index contributed by atoms with van der Waals surface area (Å²) in [6, 6.07) is 4.06. The number of Topliss-reactive ketones (excluding diaryl/α,β-unsaturated/α-hetero) is 1. The second-order valence-electron chi connectivity index (χ2n) is 5.60. The van der Waals surface area contributed by atoms with Gasteiger partial charge in [-0.3, -0.25) is 9.78 Å². The molecule has 1 aromatic rings. The molecule has 0 spiro atoms. The molecule has 0 N–H and O–H groups in total. The average Bonchev–Trinajstić information content (AvgIpc) is 2.47. The van der Waals surface area contributed by atoms with Gasteiger partial charge < -0.3 is 0 Å². The lowest BCUT2D eigenvalue weighted by molar-refractivity contribution is -0.118. The first-order valence-electron chi connectivity index (χ1n) is 8.21. The molecule has 1 heterocycles. The number of unbranched alkanes of at least 4 members (excludes halogenated alkanes) is 6. The van der Waals surface area contributed by atoms with Crippen LogP contribution in [0.4, 0.5) is 0 Å². The molecule has 112 valence electrons. The fraction of sp³-hybridized carbons (Fsp3) is 0.667. The lowest BCUT2D eigenvalue weighted by Crippen LogP contribution is -2.04. The molecule has 0 saturated carbocycles. The molecule has 0 radical (unpaired) electrons. The minimum atomic E-state index is 0.329. The smallest absolute Gasteiger partial charge is 0.138 e. The molecule has 0 saturated heterocycles. The number of aromatic nitrogens is 1. The Morgan fingerprint density at radius 3 is 2.30 bits per heavy atom. The summed E-state index contributed by atoms with van der Waals surface area (Å²) in [5.74, 6) is 0.329. The van der Waals surface area contributed by atoms with Crippen LogP contribution < -0.4 is 0 Å². The number of hydrogen-bond acceptors (Lipinski definition) is 2. The highest BCUT2D eigenvalue weighted by atomic mass is 16.1. The van der Waals surface area contributed by atoms with Gasteiger partial charge in [0.2, 0.25) is 0 Å². The van der Waals surface area contributed by atoms with E-state index >= 15 is 0 Å². The molecule has 2 heteroatoms. The van der Waals surface area contributed by atoms with Crippen LogP contribution in [-0.2, 0) is 17.6 Å². The van der Waals surface area contributed by atoms with Crippen LogP contribution >= 0.6 is 0 Å². The quantitative estimate of drug-likeness (QED) is 0.538. The monoisotopic (exact) mass is 275 g/mol. The summed E-state index contributed by atoms with van der Waals surface area (Å²) in [6.45, 7) is 4.35. The number of carbonyl (C=O) groups excluding carboxylic acids is 1. The molecular formula is C18H29NO. The van der Waals surface area contributed by atoms with E-state index in [-0.39, 0.29) is 0 Å². The van der Waals surface area contributed by atoms with E-state index in [9.17, 15) is 4.79 Å². The molecule has 2 nitrogen and oxygen atoms in total. The van der Waals surface area contributed by atoms with Gasteiger partial charge in [0.15, 0.2) is 0 Å². The van der Waals surface area contributed by atoms with Gasteiger partial charge in [-0.25, -0.2) is 0 Å². The van der Waals surface area contributed by atoms with Gasteiger partial charge in [-0.1, -0.05) is 58.4 Å². The lowest BCUT2D eigenvalue weighted by atomic mass is 10.0. The molecule has 0 aromatic carbocycles. The molecule has 0 unspecified atom stereocenters. The first kappa shape index (κ1) is 16.9. The van der Waals surface area contributed by atoms with Crippen LogP contribution in [0.3, 0.4) is 0 Å². The lowest BCUT2D eigenvalue weighted by Gasteiger charge is -2.03. The van der Waals surface area contributed by atoms with Crippen LogP contribution in [0.25, 0.3) is 0 Å². The molecule has 0 fully saturated rings. The Hall–Kier alpha value is -1.18. The summed E-state index contributed by atoms with van der Waals surface area (Å²) in [5.41, 5.74) is 2.14. The van der Waals surface area contributed by atoms with Crippen LogP contribution in [0, 0.1) is 0 Å². The van der Waals surface area contributed by atoms with Gasteiger partial charge in [0.1, 0.15) is 5.78 Å². The SMILES string of the molecule is CCCCCCCCCC(=O)Cc1ccc(CC)cn1. The van der Waals surface area contributed by atoms with Crippen molar-refractivity contribution in [2.24, 2.45) is 0 Å². The standard InChI is InChI=1S/C18H29NO/c1-3-5-6-7-8-9-10-11-18(20)14-17-13-12-16(4-2)15-19-17/h12-13,15H,3-11,14H2,1-2H3. The van der Waals surface area contributed by atoms with E-state index in [1.807, 2.05) is 12.3 Å². The van der Waals surface area contributed by atoms with Crippen LogP contribution in [0.2, 0.25) is 0 Å². The maximum Gasteiger partial charge on any atom is 0.138 e. The summed E-state index contributed by atoms with van der Waals surface area (Å²) in [7, 11) is 0. The van der Waals surface area contributed by atoms with Crippen molar-refractivity contribution in [1.82, 2.24) is 4.98 Å². The second kappa shape index (κ2) is 10.6. The molecule has 1 rings (SSSR count). The van der Waals surface area contributed by atoms with Crippen LogP contribution in [0.5, 0.6) is 0 Å². The largest absolute Gasteiger partial charge is 0.299 e. The van der Waals surface area contributed by atoms with Gasteiger partial charge in [-0.05, 0) is 24.5 Å². The van der Waals surface area contributed by atoms with E-state index in [0.29, 0.717) is 18.6 Å². The summed E-state index contributed by atoms with van der Waals surface area (Å²) in [5, 5.41) is 0. The van der Waals surface area contributed by atoms with Crippen molar-refractivity contribution < 1.29 is 4.79 Å². The number of aryl methyl sites for hydroxylation is 1. The Balaban J connectivity index is 2.10. The number of rotatable bonds is 11. The normalized spacial score (nSPS) is 10.7. The molecule has 0 atom stereocenters. The zero-order valence-corrected chi connectivity index (χ0v) is 13.2. The highest BCUT2D eigenvalue weighted by molar-refractivity contribution is 5.80. The van der Waals surface area contributed by atoms with Crippen LogP contribution in [-0.4, -0.2) is 10.8 Å². The van der Waals surface area contributed by atoms with E-state index in [1.165, 1.54) is 44.1 Å². The predicted octanol–water partition coefficient (Wildman–Crippen LogP) is 4.90. The molecule has 0 aliphatic carbocycles. The van der Waals surface area contributed by atoms with Gasteiger partial charge >= 0.3 is 0 Å². The van der Waals surface area contributed by atoms with Crippen molar-refractivity contribution in [2.45, 2.75) is 78.1 Å². The maximum absolute atomic E-state index is 11.9. The third-order valence-corrected chi connectivity index (χ3v) is 3.73. The Kier molecular flexibility index (Phi) is 8.93. The third kappa shape index (κ3) is 7.42. The minimum Gasteiger partial charge on any atom is -0.299 e. The molecule has 0 bridgehead atoms. The summed E-state index contributed by atoms with van der Waals surface area (Å²) in [6.07, 6.45) is 12.9. The fourth-order valence-corrected chi connectivity index (χ4v) is 2.34. The van der Waals surface area contributed by atoms with E-state index in [2.05, 4.69) is 24.9 Å². The molecule has 1 aromatic heterocycles. The van der Waals surface area contributed by atoms with Crippen molar-refractivity contribution >= 4 is 5.78 Å². The first-order valence-corrected chi connectivity index (χ1v) is 8.21. The predicted molar refractivity (Wildman–Crippen MR) is 84.9 cm³/mol. The molecule has 0 amide bonds. The van der Waals surface area contributed by atoms with Gasteiger partial charge in [0.05, 0.1) is 0 Å².